The monoisotopic (exact) mass is 218 g/mol. The maximum absolute atomic E-state index is 11.8. The van der Waals surface area contributed by atoms with Gasteiger partial charge in [-0.1, -0.05) is 25.0 Å². The normalized spacial score (nSPS) is 16.5. The molecule has 0 heterocycles. The van der Waals surface area contributed by atoms with E-state index in [1.54, 1.807) is 12.1 Å². The second-order valence-corrected chi connectivity index (χ2v) is 4.61. The van der Waals surface area contributed by atoms with Crippen LogP contribution in [0.25, 0.3) is 0 Å². The van der Waals surface area contributed by atoms with Gasteiger partial charge in [0, 0.05) is 12.3 Å². The van der Waals surface area contributed by atoms with E-state index in [1.807, 2.05) is 12.1 Å². The topological polar surface area (TPSA) is 37.3 Å². The lowest BCUT2D eigenvalue weighted by atomic mass is 9.97. The summed E-state index contributed by atoms with van der Waals surface area (Å²) in [6.07, 6.45) is 6.07. The summed E-state index contributed by atoms with van der Waals surface area (Å²) in [5.41, 5.74) is 1.13. The zero-order chi connectivity index (χ0) is 11.4. The third kappa shape index (κ3) is 2.84. The molecule has 0 unspecified atom stereocenters. The first-order valence-electron chi connectivity index (χ1n) is 6.06. The van der Waals surface area contributed by atoms with Gasteiger partial charge in [0.1, 0.15) is 11.5 Å². The number of aryl methyl sites for hydroxylation is 1. The molecule has 16 heavy (non-hydrogen) atoms. The number of phenols is 1. The van der Waals surface area contributed by atoms with E-state index in [1.165, 1.54) is 12.8 Å². The molecular formula is C14H18O2. The van der Waals surface area contributed by atoms with E-state index in [9.17, 15) is 4.79 Å². The van der Waals surface area contributed by atoms with Crippen molar-refractivity contribution in [3.05, 3.63) is 29.8 Å². The molecule has 1 aliphatic carbocycles. The van der Waals surface area contributed by atoms with Crippen molar-refractivity contribution in [3.8, 4) is 5.75 Å². The molecule has 2 heteroatoms. The zero-order valence-electron chi connectivity index (χ0n) is 9.48. The second-order valence-electron chi connectivity index (χ2n) is 4.61. The predicted molar refractivity (Wildman–Crippen MR) is 63.4 cm³/mol. The molecule has 0 aromatic heterocycles. The largest absolute Gasteiger partial charge is 0.508 e. The molecule has 0 bridgehead atoms. The van der Waals surface area contributed by atoms with Gasteiger partial charge in [0.25, 0.3) is 0 Å². The number of aromatic hydroxyl groups is 1. The lowest BCUT2D eigenvalue weighted by molar-refractivity contribution is -0.122. The van der Waals surface area contributed by atoms with E-state index >= 15 is 0 Å². The lowest BCUT2D eigenvalue weighted by Crippen LogP contribution is -2.11. The lowest BCUT2D eigenvalue weighted by Gasteiger charge is -2.07. The zero-order valence-corrected chi connectivity index (χ0v) is 9.48. The van der Waals surface area contributed by atoms with E-state index in [2.05, 4.69) is 0 Å². The van der Waals surface area contributed by atoms with Gasteiger partial charge in [-0.15, -0.1) is 0 Å². The van der Waals surface area contributed by atoms with E-state index in [0.29, 0.717) is 18.1 Å². The summed E-state index contributed by atoms with van der Waals surface area (Å²) in [7, 11) is 0. The first-order valence-corrected chi connectivity index (χ1v) is 6.06. The molecular weight excluding hydrogens is 200 g/mol. The number of benzene rings is 1. The van der Waals surface area contributed by atoms with Crippen molar-refractivity contribution in [2.45, 2.75) is 38.5 Å². The molecule has 1 aliphatic rings. The molecule has 1 saturated carbocycles. The fourth-order valence-corrected chi connectivity index (χ4v) is 2.38. The fraction of sp³-hybridized carbons (Fsp3) is 0.500. The van der Waals surface area contributed by atoms with E-state index in [0.717, 1.165) is 24.8 Å². The van der Waals surface area contributed by atoms with Crippen LogP contribution in [0.1, 0.15) is 37.7 Å². The van der Waals surface area contributed by atoms with Crippen molar-refractivity contribution in [3.63, 3.8) is 0 Å². The summed E-state index contributed by atoms with van der Waals surface area (Å²) >= 11 is 0. The van der Waals surface area contributed by atoms with Crippen molar-refractivity contribution in [1.29, 1.82) is 0 Å². The van der Waals surface area contributed by atoms with Crippen molar-refractivity contribution < 1.29 is 9.90 Å². The minimum atomic E-state index is 0.283. The Kier molecular flexibility index (Phi) is 3.60. The summed E-state index contributed by atoms with van der Waals surface area (Å²) in [4.78, 5) is 11.8. The predicted octanol–water partition coefficient (Wildman–Crippen LogP) is 3.08. The molecule has 0 radical (unpaired) electrons. The fourth-order valence-electron chi connectivity index (χ4n) is 2.38. The quantitative estimate of drug-likeness (QED) is 0.843. The Morgan fingerprint density at radius 1 is 1.19 bits per heavy atom. The molecule has 0 amide bonds. The van der Waals surface area contributed by atoms with Crippen LogP contribution in [0.4, 0.5) is 0 Å². The van der Waals surface area contributed by atoms with Crippen LogP contribution in [-0.4, -0.2) is 10.9 Å². The Morgan fingerprint density at radius 2 is 1.81 bits per heavy atom. The van der Waals surface area contributed by atoms with Gasteiger partial charge < -0.3 is 5.11 Å². The Morgan fingerprint density at radius 3 is 2.44 bits per heavy atom. The Balaban J connectivity index is 1.82. The number of carbonyl (C=O) groups is 1. The molecule has 1 aromatic carbocycles. The molecule has 1 N–H and O–H groups in total. The molecule has 0 saturated heterocycles. The van der Waals surface area contributed by atoms with Crippen LogP contribution < -0.4 is 0 Å². The molecule has 1 fully saturated rings. The van der Waals surface area contributed by atoms with Crippen LogP contribution in [-0.2, 0) is 11.2 Å². The van der Waals surface area contributed by atoms with Gasteiger partial charge in [-0.05, 0) is 37.0 Å². The SMILES string of the molecule is O=C(CCc1ccc(O)cc1)C1CCCC1. The van der Waals surface area contributed by atoms with E-state index < -0.39 is 0 Å². The first-order chi connectivity index (χ1) is 7.75. The van der Waals surface area contributed by atoms with Gasteiger partial charge in [-0.25, -0.2) is 0 Å². The van der Waals surface area contributed by atoms with Crippen LogP contribution in [0.15, 0.2) is 24.3 Å². The number of ketones is 1. The van der Waals surface area contributed by atoms with Gasteiger partial charge in [-0.2, -0.15) is 0 Å². The average molecular weight is 218 g/mol. The Labute approximate surface area is 96.3 Å². The van der Waals surface area contributed by atoms with Gasteiger partial charge >= 0.3 is 0 Å². The summed E-state index contributed by atoms with van der Waals surface area (Å²) in [5, 5.41) is 9.14. The smallest absolute Gasteiger partial charge is 0.136 e. The van der Waals surface area contributed by atoms with Crippen LogP contribution in [0, 0.1) is 5.92 Å². The first kappa shape index (κ1) is 11.2. The molecule has 0 spiro atoms. The van der Waals surface area contributed by atoms with Crippen molar-refractivity contribution in [2.75, 3.05) is 0 Å². The highest BCUT2D eigenvalue weighted by atomic mass is 16.3. The van der Waals surface area contributed by atoms with Crippen molar-refractivity contribution >= 4 is 5.78 Å². The van der Waals surface area contributed by atoms with Gasteiger partial charge in [0.05, 0.1) is 0 Å². The molecule has 0 aliphatic heterocycles. The average Bonchev–Trinajstić information content (AvgIpc) is 2.81. The molecule has 2 nitrogen and oxygen atoms in total. The summed E-state index contributed by atoms with van der Waals surface area (Å²) < 4.78 is 0. The van der Waals surface area contributed by atoms with Gasteiger partial charge in [0.15, 0.2) is 0 Å². The molecule has 2 rings (SSSR count). The second kappa shape index (κ2) is 5.15. The number of Topliss-reactive ketones (excluding diaryl/α,β-unsaturated/α-hetero) is 1. The third-order valence-corrected chi connectivity index (χ3v) is 3.41. The minimum Gasteiger partial charge on any atom is -0.508 e. The van der Waals surface area contributed by atoms with E-state index in [4.69, 9.17) is 5.11 Å². The third-order valence-electron chi connectivity index (χ3n) is 3.41. The van der Waals surface area contributed by atoms with Gasteiger partial charge in [-0.3, -0.25) is 4.79 Å². The van der Waals surface area contributed by atoms with Crippen LogP contribution in [0.5, 0.6) is 5.75 Å². The highest BCUT2D eigenvalue weighted by Crippen LogP contribution is 2.26. The molecule has 86 valence electrons. The van der Waals surface area contributed by atoms with Crippen LogP contribution in [0.3, 0.4) is 0 Å². The number of hydrogen-bond donors (Lipinski definition) is 1. The number of hydrogen-bond acceptors (Lipinski definition) is 2. The van der Waals surface area contributed by atoms with E-state index in [-0.39, 0.29) is 5.75 Å². The number of carbonyl (C=O) groups excluding carboxylic acids is 1. The van der Waals surface area contributed by atoms with Crippen LogP contribution in [0.2, 0.25) is 0 Å². The highest BCUT2D eigenvalue weighted by molar-refractivity contribution is 5.81. The maximum Gasteiger partial charge on any atom is 0.136 e. The number of phenolic OH excluding ortho intramolecular Hbond substituents is 1. The number of rotatable bonds is 4. The minimum absolute atomic E-state index is 0.283. The maximum atomic E-state index is 11.8. The molecule has 0 atom stereocenters. The Bertz CT molecular complexity index is 348. The summed E-state index contributed by atoms with van der Waals surface area (Å²) in [6, 6.07) is 7.12. The van der Waals surface area contributed by atoms with Crippen molar-refractivity contribution in [1.82, 2.24) is 0 Å². The van der Waals surface area contributed by atoms with Crippen molar-refractivity contribution in [2.24, 2.45) is 5.92 Å². The molecule has 1 aromatic rings. The summed E-state index contributed by atoms with van der Waals surface area (Å²) in [5.74, 6) is 1.04. The van der Waals surface area contributed by atoms with Crippen LogP contribution >= 0.6 is 0 Å². The summed E-state index contributed by atoms with van der Waals surface area (Å²) in [6.45, 7) is 0. The van der Waals surface area contributed by atoms with Gasteiger partial charge in [0.2, 0.25) is 0 Å². The highest BCUT2D eigenvalue weighted by Gasteiger charge is 2.21. The standard InChI is InChI=1S/C14H18O2/c15-13-8-5-11(6-9-13)7-10-14(16)12-3-1-2-4-12/h5-6,8-9,12,15H,1-4,7,10H2. The Hall–Kier alpha value is -1.31.